The minimum absolute atomic E-state index is 0.126. The number of imide groups is 1. The molecule has 2 rings (SSSR count). The van der Waals surface area contributed by atoms with Crippen molar-refractivity contribution < 1.29 is 33.0 Å². The van der Waals surface area contributed by atoms with Crippen LogP contribution in [0.25, 0.3) is 0 Å². The minimum Gasteiger partial charge on any atom is -0.504 e. The molecule has 24 heavy (non-hydrogen) atoms. The summed E-state index contributed by atoms with van der Waals surface area (Å²) < 4.78 is 24.7. The Morgan fingerprint density at radius 2 is 1.92 bits per heavy atom. The molecule has 1 aliphatic rings. The zero-order chi connectivity index (χ0) is 18.1. The Labute approximate surface area is 135 Å². The number of nitrogens with two attached hydrogens (primary N) is 1. The molecule has 0 radical (unpaired) electrons. The minimum atomic E-state index is -4.49. The number of carbonyl (C=O) groups excluding carboxylic acids is 3. The molecule has 1 fully saturated rings. The number of hydrogen-bond donors (Lipinski definition) is 6. The Kier molecular flexibility index (Phi) is 4.59. The number of nitrogens with one attached hydrogen (secondary N) is 3. The van der Waals surface area contributed by atoms with Crippen molar-refractivity contribution in [3.63, 3.8) is 0 Å². The molecule has 1 atom stereocenters. The van der Waals surface area contributed by atoms with Crippen LogP contribution in [-0.4, -0.2) is 54.0 Å². The van der Waals surface area contributed by atoms with Crippen LogP contribution in [0.5, 0.6) is 11.5 Å². The zero-order valence-corrected chi connectivity index (χ0v) is 12.7. The monoisotopic (exact) mass is 359 g/mol. The van der Waals surface area contributed by atoms with Gasteiger partial charge in [0.25, 0.3) is 5.91 Å². The number of nitrogens with zero attached hydrogens (tertiary/aromatic N) is 1. The Balaban J connectivity index is 1.92. The third-order valence-electron chi connectivity index (χ3n) is 2.97. The molecule has 13 heteroatoms. The molecule has 1 aliphatic heterocycles. The van der Waals surface area contributed by atoms with Crippen LogP contribution in [0.4, 0.5) is 4.79 Å². The number of benzene rings is 1. The first-order chi connectivity index (χ1) is 11.1. The van der Waals surface area contributed by atoms with Gasteiger partial charge in [-0.15, -0.1) is 4.83 Å². The first kappa shape index (κ1) is 17.5. The van der Waals surface area contributed by atoms with Gasteiger partial charge in [0.1, 0.15) is 6.04 Å². The number of amides is 4. The molecule has 0 bridgehead atoms. The van der Waals surface area contributed by atoms with Gasteiger partial charge in [0.15, 0.2) is 11.5 Å². The van der Waals surface area contributed by atoms with E-state index in [9.17, 15) is 27.9 Å². The molecule has 7 N–H and O–H groups in total. The predicted molar refractivity (Wildman–Crippen MR) is 77.5 cm³/mol. The van der Waals surface area contributed by atoms with E-state index >= 15 is 0 Å². The maximum atomic E-state index is 11.7. The fourth-order valence-electron chi connectivity index (χ4n) is 1.68. The molecule has 0 aromatic heterocycles. The van der Waals surface area contributed by atoms with Gasteiger partial charge in [-0.1, -0.05) is 0 Å². The van der Waals surface area contributed by atoms with Gasteiger partial charge < -0.3 is 15.9 Å². The van der Waals surface area contributed by atoms with E-state index in [1.807, 2.05) is 0 Å². The maximum absolute atomic E-state index is 11.7. The topological polar surface area (TPSA) is 191 Å². The molecule has 0 aliphatic carbocycles. The van der Waals surface area contributed by atoms with E-state index in [-0.39, 0.29) is 12.1 Å². The summed E-state index contributed by atoms with van der Waals surface area (Å²) in [6, 6.07) is 0.980. The Morgan fingerprint density at radius 1 is 1.25 bits per heavy atom. The van der Waals surface area contributed by atoms with E-state index in [2.05, 4.69) is 0 Å². The zero-order valence-electron chi connectivity index (χ0n) is 11.9. The lowest BCUT2D eigenvalue weighted by Gasteiger charge is -2.33. The van der Waals surface area contributed by atoms with Gasteiger partial charge >= 0.3 is 16.2 Å². The fraction of sp³-hybridized carbons (Fsp3) is 0.182. The van der Waals surface area contributed by atoms with Gasteiger partial charge in [-0.3, -0.25) is 19.9 Å². The Hall–Kier alpha value is -2.90. The Morgan fingerprint density at radius 3 is 2.46 bits per heavy atom. The summed E-state index contributed by atoms with van der Waals surface area (Å²) >= 11 is 0. The van der Waals surface area contributed by atoms with E-state index < -0.39 is 45.6 Å². The average Bonchev–Trinajstić information content (AvgIpc) is 2.51. The molecular weight excluding hydrogens is 346 g/mol. The lowest BCUT2D eigenvalue weighted by atomic mass is 10.1. The van der Waals surface area contributed by atoms with Crippen LogP contribution in [0.1, 0.15) is 10.4 Å². The third-order valence-corrected chi connectivity index (χ3v) is 3.78. The Bertz CT molecular complexity index is 809. The van der Waals surface area contributed by atoms with Crippen LogP contribution < -0.4 is 20.7 Å². The molecule has 1 heterocycles. The second kappa shape index (κ2) is 6.31. The summed E-state index contributed by atoms with van der Waals surface area (Å²) in [5, 5.41) is 18.4. The molecule has 0 saturated carbocycles. The number of hydrogen-bond acceptors (Lipinski definition) is 8. The second-order valence-corrected chi connectivity index (χ2v) is 6.14. The highest BCUT2D eigenvalue weighted by Crippen LogP contribution is 2.24. The van der Waals surface area contributed by atoms with Crippen molar-refractivity contribution in [3.05, 3.63) is 23.8 Å². The number of rotatable bonds is 4. The van der Waals surface area contributed by atoms with Crippen molar-refractivity contribution in [1.82, 2.24) is 19.9 Å². The van der Waals surface area contributed by atoms with Crippen LogP contribution in [0.15, 0.2) is 18.2 Å². The van der Waals surface area contributed by atoms with Crippen molar-refractivity contribution in [2.24, 2.45) is 5.73 Å². The van der Waals surface area contributed by atoms with Crippen LogP contribution >= 0.6 is 0 Å². The lowest BCUT2D eigenvalue weighted by molar-refractivity contribution is -0.137. The van der Waals surface area contributed by atoms with Crippen LogP contribution in [-0.2, 0) is 15.0 Å². The highest BCUT2D eigenvalue weighted by molar-refractivity contribution is 7.88. The van der Waals surface area contributed by atoms with Gasteiger partial charge in [-0.05, 0) is 18.2 Å². The van der Waals surface area contributed by atoms with Crippen LogP contribution in [0.3, 0.4) is 0 Å². The number of phenolic OH excluding ortho intramolecular Hbond substituents is 2. The quantitative estimate of drug-likeness (QED) is 0.192. The summed E-state index contributed by atoms with van der Waals surface area (Å²) in [4.78, 5) is 36.6. The van der Waals surface area contributed by atoms with E-state index in [4.69, 9.17) is 10.8 Å². The molecule has 1 saturated heterocycles. The largest absolute Gasteiger partial charge is 0.504 e. The maximum Gasteiger partial charge on any atom is 0.338 e. The van der Waals surface area contributed by atoms with Crippen LogP contribution in [0.2, 0.25) is 0 Å². The molecular formula is C11H13N5O7S. The smallest absolute Gasteiger partial charge is 0.338 e. The van der Waals surface area contributed by atoms with Gasteiger partial charge in [0.2, 0.25) is 5.91 Å². The standard InChI is InChI=1S/C11H13N5O7S/c12-6-4-16(10(6)20)11(21)14-24(22,23)15-13-9(19)5-1-2-7(17)8(18)3-5/h1-3,6,15,17-18H,4,12H2,(H,13,19)(H,14,21). The summed E-state index contributed by atoms with van der Waals surface area (Å²) in [5.41, 5.74) is 6.88. The van der Waals surface area contributed by atoms with Gasteiger partial charge in [-0.25, -0.2) is 9.52 Å². The number of carbonyl (C=O) groups is 3. The molecule has 0 spiro atoms. The lowest BCUT2D eigenvalue weighted by Crippen LogP contribution is -2.66. The molecule has 1 aromatic rings. The molecule has 1 unspecified atom stereocenters. The van der Waals surface area contributed by atoms with Crippen molar-refractivity contribution >= 4 is 28.1 Å². The highest BCUT2D eigenvalue weighted by atomic mass is 32.2. The number of aromatic hydroxyl groups is 2. The van der Waals surface area contributed by atoms with E-state index in [1.54, 1.807) is 10.3 Å². The molecule has 12 nitrogen and oxygen atoms in total. The number of urea groups is 1. The first-order valence-corrected chi connectivity index (χ1v) is 7.82. The normalized spacial score (nSPS) is 17.1. The second-order valence-electron chi connectivity index (χ2n) is 4.73. The summed E-state index contributed by atoms with van der Waals surface area (Å²) in [5.74, 6) is -2.74. The number of phenols is 2. The third kappa shape index (κ3) is 3.70. The van der Waals surface area contributed by atoms with E-state index in [0.717, 1.165) is 18.2 Å². The van der Waals surface area contributed by atoms with Crippen LogP contribution in [0, 0.1) is 0 Å². The van der Waals surface area contributed by atoms with Gasteiger partial charge in [0, 0.05) is 5.56 Å². The van der Waals surface area contributed by atoms with E-state index in [0.29, 0.717) is 4.90 Å². The first-order valence-electron chi connectivity index (χ1n) is 6.33. The number of hydrazine groups is 1. The van der Waals surface area contributed by atoms with Gasteiger partial charge in [0.05, 0.1) is 6.54 Å². The summed E-state index contributed by atoms with van der Waals surface area (Å²) in [6.45, 7) is -0.126. The molecule has 130 valence electrons. The van der Waals surface area contributed by atoms with Crippen molar-refractivity contribution in [1.29, 1.82) is 0 Å². The molecule has 4 amide bonds. The SMILES string of the molecule is NC1CN(C(=O)NS(=O)(=O)NNC(=O)c2ccc(O)c(O)c2)C1=O. The van der Waals surface area contributed by atoms with Gasteiger partial charge in [-0.2, -0.15) is 8.42 Å². The number of β-lactam (4-membered cyclic amide) rings is 1. The predicted octanol–water partition coefficient (Wildman–Crippen LogP) is -2.54. The van der Waals surface area contributed by atoms with E-state index in [1.165, 1.54) is 4.72 Å². The summed E-state index contributed by atoms with van der Waals surface area (Å²) in [6.07, 6.45) is 0. The molecule has 1 aromatic carbocycles. The van der Waals surface area contributed by atoms with Crippen molar-refractivity contribution in [2.45, 2.75) is 6.04 Å². The highest BCUT2D eigenvalue weighted by Gasteiger charge is 2.39. The van der Waals surface area contributed by atoms with Crippen molar-refractivity contribution in [2.75, 3.05) is 6.54 Å². The van der Waals surface area contributed by atoms with Crippen molar-refractivity contribution in [3.8, 4) is 11.5 Å². The fourth-order valence-corrected chi connectivity index (χ4v) is 2.30. The summed E-state index contributed by atoms with van der Waals surface area (Å²) in [7, 11) is -4.49. The average molecular weight is 359 g/mol. The number of likely N-dealkylation sites (tertiary alicyclic amines) is 1.